The molecule has 0 spiro atoms. The number of nitriles is 1. The first-order chi connectivity index (χ1) is 8.04. The van der Waals surface area contributed by atoms with Gasteiger partial charge in [0.05, 0.1) is 11.6 Å². The lowest BCUT2D eigenvalue weighted by molar-refractivity contribution is -0.137. The number of carboxylic acids is 1. The van der Waals surface area contributed by atoms with Crippen molar-refractivity contribution in [3.8, 4) is 6.07 Å². The maximum absolute atomic E-state index is 13.3. The molecule has 0 bridgehead atoms. The van der Waals surface area contributed by atoms with Gasteiger partial charge in [-0.2, -0.15) is 17.0 Å². The molecule has 0 aliphatic carbocycles. The Bertz CT molecular complexity index is 459. The topological polar surface area (TPSA) is 87.1 Å². The largest absolute Gasteiger partial charge is 0.480 e. The Kier molecular flexibility index (Phi) is 4.94. The van der Waals surface area contributed by atoms with Crippen LogP contribution in [-0.2, 0) is 10.5 Å². The lowest BCUT2D eigenvalue weighted by Crippen LogP contribution is -2.32. The first-order valence-corrected chi connectivity index (χ1v) is 5.94. The highest BCUT2D eigenvalue weighted by atomic mass is 32.2. The molecule has 0 heterocycles. The monoisotopic (exact) mass is 254 g/mol. The van der Waals surface area contributed by atoms with E-state index in [0.29, 0.717) is 16.9 Å². The molecule has 0 saturated heterocycles. The minimum atomic E-state index is -1.08. The number of carboxylic acid groups (broad SMARTS) is 1. The van der Waals surface area contributed by atoms with Crippen molar-refractivity contribution in [1.82, 2.24) is 0 Å². The van der Waals surface area contributed by atoms with E-state index in [-0.39, 0.29) is 5.75 Å². The second-order valence-electron chi connectivity index (χ2n) is 3.38. The Balaban J connectivity index is 2.58. The highest BCUT2D eigenvalue weighted by Crippen LogP contribution is 2.17. The van der Waals surface area contributed by atoms with Gasteiger partial charge in [-0.05, 0) is 23.8 Å². The first-order valence-electron chi connectivity index (χ1n) is 4.79. The summed E-state index contributed by atoms with van der Waals surface area (Å²) < 4.78 is 13.3. The van der Waals surface area contributed by atoms with E-state index in [0.717, 1.165) is 0 Å². The van der Waals surface area contributed by atoms with E-state index < -0.39 is 17.8 Å². The van der Waals surface area contributed by atoms with Gasteiger partial charge in [-0.1, -0.05) is 0 Å². The van der Waals surface area contributed by atoms with Crippen LogP contribution in [0.4, 0.5) is 4.39 Å². The molecule has 0 aliphatic heterocycles. The summed E-state index contributed by atoms with van der Waals surface area (Å²) in [5, 5.41) is 17.2. The van der Waals surface area contributed by atoms with Crippen LogP contribution < -0.4 is 5.73 Å². The minimum absolute atomic E-state index is 0.200. The summed E-state index contributed by atoms with van der Waals surface area (Å²) in [7, 11) is 0. The smallest absolute Gasteiger partial charge is 0.321 e. The maximum atomic E-state index is 13.3. The van der Waals surface area contributed by atoms with Gasteiger partial charge in [0, 0.05) is 11.5 Å². The predicted octanol–water partition coefficient (Wildman–Crippen LogP) is 1.34. The van der Waals surface area contributed by atoms with Gasteiger partial charge < -0.3 is 10.8 Å². The third kappa shape index (κ3) is 4.06. The summed E-state index contributed by atoms with van der Waals surface area (Å²) in [5.74, 6) is -0.988. The quantitative estimate of drug-likeness (QED) is 0.828. The van der Waals surface area contributed by atoms with Gasteiger partial charge in [0.15, 0.2) is 0 Å². The van der Waals surface area contributed by atoms with E-state index in [9.17, 15) is 9.18 Å². The molecular formula is C11H11FN2O2S. The molecule has 6 heteroatoms. The average molecular weight is 254 g/mol. The van der Waals surface area contributed by atoms with Crippen LogP contribution in [0, 0.1) is 17.1 Å². The van der Waals surface area contributed by atoms with Crippen molar-refractivity contribution < 1.29 is 14.3 Å². The molecular weight excluding hydrogens is 243 g/mol. The number of aliphatic carboxylic acids is 1. The van der Waals surface area contributed by atoms with Crippen molar-refractivity contribution in [2.45, 2.75) is 11.8 Å². The molecule has 17 heavy (non-hydrogen) atoms. The summed E-state index contributed by atoms with van der Waals surface area (Å²) >= 11 is 1.22. The molecule has 1 rings (SSSR count). The van der Waals surface area contributed by atoms with E-state index in [2.05, 4.69) is 0 Å². The highest BCUT2D eigenvalue weighted by molar-refractivity contribution is 7.98. The second kappa shape index (κ2) is 6.23. The number of nitrogens with zero attached hydrogens (tertiary/aromatic N) is 1. The van der Waals surface area contributed by atoms with E-state index in [1.54, 1.807) is 0 Å². The van der Waals surface area contributed by atoms with Gasteiger partial charge in [0.25, 0.3) is 0 Å². The lowest BCUT2D eigenvalue weighted by atomic mass is 10.1. The van der Waals surface area contributed by atoms with Crippen molar-refractivity contribution >= 4 is 17.7 Å². The van der Waals surface area contributed by atoms with Crippen LogP contribution in [0.5, 0.6) is 0 Å². The summed E-state index contributed by atoms with van der Waals surface area (Å²) in [5.41, 5.74) is 6.07. The number of hydrogen-bond donors (Lipinski definition) is 2. The molecule has 0 aliphatic rings. The fraction of sp³-hybridized carbons (Fsp3) is 0.273. The number of benzene rings is 1. The van der Waals surface area contributed by atoms with Gasteiger partial charge in [-0.25, -0.2) is 4.39 Å². The molecule has 0 saturated carbocycles. The van der Waals surface area contributed by atoms with Crippen LogP contribution in [0.15, 0.2) is 18.2 Å². The van der Waals surface area contributed by atoms with Crippen LogP contribution in [0.3, 0.4) is 0 Å². The van der Waals surface area contributed by atoms with Crippen molar-refractivity contribution in [1.29, 1.82) is 5.26 Å². The predicted molar refractivity (Wildman–Crippen MR) is 62.9 cm³/mol. The summed E-state index contributed by atoms with van der Waals surface area (Å²) in [6.45, 7) is 0. The van der Waals surface area contributed by atoms with Crippen LogP contribution >= 0.6 is 11.8 Å². The number of nitrogens with two attached hydrogens (primary N) is 1. The number of carbonyl (C=O) groups is 1. The highest BCUT2D eigenvalue weighted by Gasteiger charge is 2.12. The third-order valence-corrected chi connectivity index (χ3v) is 3.16. The van der Waals surface area contributed by atoms with E-state index >= 15 is 0 Å². The van der Waals surface area contributed by atoms with Crippen molar-refractivity contribution in [2.75, 3.05) is 5.75 Å². The molecule has 3 N–H and O–H groups in total. The molecule has 1 aromatic carbocycles. The minimum Gasteiger partial charge on any atom is -0.480 e. The molecule has 90 valence electrons. The van der Waals surface area contributed by atoms with E-state index in [1.165, 1.54) is 30.0 Å². The zero-order chi connectivity index (χ0) is 12.8. The fourth-order valence-corrected chi connectivity index (χ4v) is 2.08. The van der Waals surface area contributed by atoms with Crippen molar-refractivity contribution in [2.24, 2.45) is 5.73 Å². The molecule has 0 aromatic heterocycles. The normalized spacial score (nSPS) is 11.8. The zero-order valence-electron chi connectivity index (χ0n) is 8.89. The Morgan fingerprint density at radius 2 is 2.35 bits per heavy atom. The molecule has 4 nitrogen and oxygen atoms in total. The van der Waals surface area contributed by atoms with Crippen molar-refractivity contribution in [3.05, 3.63) is 35.1 Å². The van der Waals surface area contributed by atoms with Crippen LogP contribution in [0.2, 0.25) is 0 Å². The van der Waals surface area contributed by atoms with Gasteiger partial charge in [0.2, 0.25) is 0 Å². The zero-order valence-corrected chi connectivity index (χ0v) is 9.71. The van der Waals surface area contributed by atoms with Gasteiger partial charge in [-0.15, -0.1) is 0 Å². The van der Waals surface area contributed by atoms with E-state index in [1.807, 2.05) is 6.07 Å². The molecule has 1 atom stereocenters. The Morgan fingerprint density at radius 1 is 1.65 bits per heavy atom. The third-order valence-electron chi connectivity index (χ3n) is 2.05. The van der Waals surface area contributed by atoms with Gasteiger partial charge >= 0.3 is 5.97 Å². The summed E-state index contributed by atoms with van der Waals surface area (Å²) in [4.78, 5) is 10.5. The summed E-state index contributed by atoms with van der Waals surface area (Å²) in [6.07, 6.45) is 0. The maximum Gasteiger partial charge on any atom is 0.321 e. The van der Waals surface area contributed by atoms with Gasteiger partial charge in [0.1, 0.15) is 11.9 Å². The fourth-order valence-electron chi connectivity index (χ4n) is 1.12. The Morgan fingerprint density at radius 3 is 2.94 bits per heavy atom. The van der Waals surface area contributed by atoms with Crippen molar-refractivity contribution in [3.63, 3.8) is 0 Å². The van der Waals surface area contributed by atoms with Crippen LogP contribution in [0.1, 0.15) is 11.1 Å². The van der Waals surface area contributed by atoms with Crippen LogP contribution in [0.25, 0.3) is 0 Å². The summed E-state index contributed by atoms with van der Waals surface area (Å²) in [6, 6.07) is 5.04. The Labute approximate surface area is 102 Å². The second-order valence-corrected chi connectivity index (χ2v) is 4.41. The molecule has 1 aromatic rings. The average Bonchev–Trinajstić information content (AvgIpc) is 2.31. The van der Waals surface area contributed by atoms with Crippen LogP contribution in [-0.4, -0.2) is 22.9 Å². The number of rotatable bonds is 5. The molecule has 0 unspecified atom stereocenters. The Hall–Kier alpha value is -1.58. The SMILES string of the molecule is N#Cc1ccc(F)c(CSC[C@@H](N)C(=O)O)c1. The van der Waals surface area contributed by atoms with E-state index in [4.69, 9.17) is 16.1 Å². The standard InChI is InChI=1S/C11H11FN2O2S/c12-9-2-1-7(4-13)3-8(9)5-17-6-10(14)11(15)16/h1-3,10H,5-6,14H2,(H,15,16)/t10-/m1/s1. The number of halogens is 1. The van der Waals surface area contributed by atoms with Gasteiger partial charge in [-0.3, -0.25) is 4.79 Å². The number of thioether (sulfide) groups is 1. The molecule has 0 amide bonds. The molecule has 0 fully saturated rings. The first kappa shape index (κ1) is 13.5. The lowest BCUT2D eigenvalue weighted by Gasteiger charge is -2.06. The molecule has 0 radical (unpaired) electrons. The number of hydrogen-bond acceptors (Lipinski definition) is 4.